The first-order valence-electron chi connectivity index (χ1n) is 6.32. The van der Waals surface area contributed by atoms with Gasteiger partial charge in [-0.2, -0.15) is 0 Å². The fraction of sp³-hybridized carbons (Fsp3) is 0.462. The number of nitro groups is 1. The smallest absolute Gasteiger partial charge is 0.293 e. The summed E-state index contributed by atoms with van der Waals surface area (Å²) in [6.07, 6.45) is 2.17. The van der Waals surface area contributed by atoms with Crippen molar-refractivity contribution in [2.75, 3.05) is 18.0 Å². The van der Waals surface area contributed by atoms with E-state index in [0.29, 0.717) is 11.6 Å². The summed E-state index contributed by atoms with van der Waals surface area (Å²) in [5.41, 5.74) is 5.85. The van der Waals surface area contributed by atoms with Crippen molar-refractivity contribution in [3.63, 3.8) is 0 Å². The lowest BCUT2D eigenvalue weighted by molar-refractivity contribution is -0.384. The van der Waals surface area contributed by atoms with E-state index in [0.717, 1.165) is 25.9 Å². The summed E-state index contributed by atoms with van der Waals surface area (Å²) in [5.74, 6) is -0.133. The van der Waals surface area contributed by atoms with Crippen LogP contribution < -0.4 is 10.6 Å². The molecule has 1 saturated heterocycles. The average Bonchev–Trinajstić information content (AvgIpc) is 2.37. The maximum absolute atomic E-state index is 11.1. The van der Waals surface area contributed by atoms with Gasteiger partial charge < -0.3 is 10.6 Å². The summed E-state index contributed by atoms with van der Waals surface area (Å²) in [7, 11) is 0. The molecule has 2 rings (SSSR count). The van der Waals surface area contributed by atoms with Crippen molar-refractivity contribution >= 4 is 17.3 Å². The molecule has 0 radical (unpaired) electrons. The van der Waals surface area contributed by atoms with E-state index in [2.05, 4.69) is 6.92 Å². The van der Waals surface area contributed by atoms with Crippen molar-refractivity contribution in [1.29, 1.82) is 0 Å². The van der Waals surface area contributed by atoms with Crippen LogP contribution in [0.15, 0.2) is 18.2 Å². The maximum atomic E-state index is 11.1. The lowest BCUT2D eigenvalue weighted by Gasteiger charge is -2.32. The van der Waals surface area contributed by atoms with Gasteiger partial charge in [-0.15, -0.1) is 0 Å². The van der Waals surface area contributed by atoms with Gasteiger partial charge in [0.25, 0.3) is 5.69 Å². The normalized spacial score (nSPS) is 19.2. The number of rotatable bonds is 3. The SMILES string of the molecule is C[C@@H]1CCCN(c2ccc(C(N)=O)cc2[N+](=O)[O-])C1. The van der Waals surface area contributed by atoms with Crippen LogP contribution in [0.25, 0.3) is 0 Å². The molecule has 1 heterocycles. The Kier molecular flexibility index (Phi) is 3.69. The maximum Gasteiger partial charge on any atom is 0.293 e. The van der Waals surface area contributed by atoms with E-state index < -0.39 is 10.8 Å². The minimum atomic E-state index is -0.651. The predicted molar refractivity (Wildman–Crippen MR) is 72.2 cm³/mol. The molecular formula is C13H17N3O3. The first kappa shape index (κ1) is 13.3. The fourth-order valence-corrected chi connectivity index (χ4v) is 2.50. The highest BCUT2D eigenvalue weighted by Gasteiger charge is 2.24. The molecule has 19 heavy (non-hydrogen) atoms. The second-order valence-corrected chi connectivity index (χ2v) is 5.02. The summed E-state index contributed by atoms with van der Waals surface area (Å²) in [5, 5.41) is 11.1. The number of carbonyl (C=O) groups is 1. The van der Waals surface area contributed by atoms with Crippen molar-refractivity contribution in [3.05, 3.63) is 33.9 Å². The third kappa shape index (κ3) is 2.83. The first-order chi connectivity index (χ1) is 8.99. The molecule has 6 nitrogen and oxygen atoms in total. The van der Waals surface area contributed by atoms with Gasteiger partial charge in [0.05, 0.1) is 4.92 Å². The first-order valence-corrected chi connectivity index (χ1v) is 6.32. The highest BCUT2D eigenvalue weighted by atomic mass is 16.6. The van der Waals surface area contributed by atoms with Crippen molar-refractivity contribution in [2.45, 2.75) is 19.8 Å². The van der Waals surface area contributed by atoms with Crippen LogP contribution in [0.2, 0.25) is 0 Å². The van der Waals surface area contributed by atoms with Gasteiger partial charge in [-0.3, -0.25) is 14.9 Å². The summed E-state index contributed by atoms with van der Waals surface area (Å²) in [6, 6.07) is 4.43. The van der Waals surface area contributed by atoms with Gasteiger partial charge >= 0.3 is 0 Å². The van der Waals surface area contributed by atoms with E-state index >= 15 is 0 Å². The Hall–Kier alpha value is -2.11. The Morgan fingerprint density at radius 3 is 2.84 bits per heavy atom. The second kappa shape index (κ2) is 5.26. The van der Waals surface area contributed by atoms with Crippen LogP contribution in [0.1, 0.15) is 30.1 Å². The van der Waals surface area contributed by atoms with Crippen LogP contribution in [0.4, 0.5) is 11.4 Å². The Balaban J connectivity index is 2.38. The van der Waals surface area contributed by atoms with Crippen molar-refractivity contribution in [2.24, 2.45) is 11.7 Å². The predicted octanol–water partition coefficient (Wildman–Crippen LogP) is 1.93. The Morgan fingerprint density at radius 1 is 1.53 bits per heavy atom. The third-order valence-electron chi connectivity index (χ3n) is 3.45. The molecule has 102 valence electrons. The highest BCUT2D eigenvalue weighted by molar-refractivity contribution is 5.94. The topological polar surface area (TPSA) is 89.5 Å². The number of hydrogen-bond acceptors (Lipinski definition) is 4. The minimum absolute atomic E-state index is 0.0506. The molecule has 0 saturated carbocycles. The van der Waals surface area contributed by atoms with Gasteiger partial charge in [-0.1, -0.05) is 6.92 Å². The molecule has 0 bridgehead atoms. The van der Waals surface area contributed by atoms with Gasteiger partial charge in [0.1, 0.15) is 5.69 Å². The number of anilines is 1. The van der Waals surface area contributed by atoms with Crippen molar-refractivity contribution in [3.8, 4) is 0 Å². The van der Waals surface area contributed by atoms with Gasteiger partial charge in [0.2, 0.25) is 5.91 Å². The highest BCUT2D eigenvalue weighted by Crippen LogP contribution is 2.32. The summed E-state index contributed by atoms with van der Waals surface area (Å²) in [6.45, 7) is 3.74. The molecule has 1 fully saturated rings. The van der Waals surface area contributed by atoms with Crippen molar-refractivity contribution < 1.29 is 9.72 Å². The lowest BCUT2D eigenvalue weighted by Crippen LogP contribution is -2.34. The van der Waals surface area contributed by atoms with Gasteiger partial charge in [-0.05, 0) is 30.9 Å². The number of hydrogen-bond donors (Lipinski definition) is 1. The lowest BCUT2D eigenvalue weighted by atomic mass is 9.99. The zero-order chi connectivity index (χ0) is 14.0. The average molecular weight is 263 g/mol. The number of carbonyl (C=O) groups excluding carboxylic acids is 1. The van der Waals surface area contributed by atoms with E-state index in [1.54, 1.807) is 12.1 Å². The molecular weight excluding hydrogens is 246 g/mol. The quantitative estimate of drug-likeness (QED) is 0.666. The molecule has 2 N–H and O–H groups in total. The zero-order valence-electron chi connectivity index (χ0n) is 10.8. The molecule has 1 aromatic rings. The van der Waals surface area contributed by atoms with Crippen LogP contribution >= 0.6 is 0 Å². The van der Waals surface area contributed by atoms with E-state index in [1.807, 2.05) is 4.90 Å². The Morgan fingerprint density at radius 2 is 2.26 bits per heavy atom. The van der Waals surface area contributed by atoms with Crippen LogP contribution in [0.3, 0.4) is 0 Å². The van der Waals surface area contributed by atoms with Gasteiger partial charge in [0.15, 0.2) is 0 Å². The molecule has 1 aliphatic heterocycles. The second-order valence-electron chi connectivity index (χ2n) is 5.02. The standard InChI is InChI=1S/C13H17N3O3/c1-9-3-2-6-15(8-9)11-5-4-10(13(14)17)7-12(11)16(18)19/h4-5,7,9H,2-3,6,8H2,1H3,(H2,14,17)/t9-/m1/s1. The van der Waals surface area contributed by atoms with Crippen LogP contribution in [-0.2, 0) is 0 Å². The third-order valence-corrected chi connectivity index (χ3v) is 3.45. The monoisotopic (exact) mass is 263 g/mol. The summed E-state index contributed by atoms with van der Waals surface area (Å²) >= 11 is 0. The molecule has 1 amide bonds. The van der Waals surface area contributed by atoms with Crippen molar-refractivity contribution in [1.82, 2.24) is 0 Å². The molecule has 0 aromatic heterocycles. The Labute approximate surface area is 111 Å². The molecule has 1 aromatic carbocycles. The van der Waals surface area contributed by atoms with E-state index in [-0.39, 0.29) is 11.3 Å². The number of nitrogens with two attached hydrogens (primary N) is 1. The summed E-state index contributed by atoms with van der Waals surface area (Å²) in [4.78, 5) is 23.8. The number of piperidine rings is 1. The number of nitro benzene ring substituents is 1. The largest absolute Gasteiger partial charge is 0.366 e. The molecule has 1 atom stereocenters. The molecule has 0 aliphatic carbocycles. The molecule has 1 aliphatic rings. The summed E-state index contributed by atoms with van der Waals surface area (Å²) < 4.78 is 0. The van der Waals surface area contributed by atoms with E-state index in [1.165, 1.54) is 6.07 Å². The molecule has 6 heteroatoms. The molecule has 0 unspecified atom stereocenters. The number of nitrogens with zero attached hydrogens (tertiary/aromatic N) is 2. The van der Waals surface area contributed by atoms with E-state index in [9.17, 15) is 14.9 Å². The van der Waals surface area contributed by atoms with E-state index in [4.69, 9.17) is 5.73 Å². The van der Waals surface area contributed by atoms with Crippen LogP contribution in [-0.4, -0.2) is 23.9 Å². The number of benzene rings is 1. The number of amides is 1. The molecule has 0 spiro atoms. The zero-order valence-corrected chi connectivity index (χ0v) is 10.8. The fourth-order valence-electron chi connectivity index (χ4n) is 2.50. The van der Waals surface area contributed by atoms with Gasteiger partial charge in [-0.25, -0.2) is 0 Å². The Bertz CT molecular complexity index is 516. The van der Waals surface area contributed by atoms with Gasteiger partial charge in [0, 0.05) is 24.7 Å². The van der Waals surface area contributed by atoms with Crippen LogP contribution in [0.5, 0.6) is 0 Å². The minimum Gasteiger partial charge on any atom is -0.366 e. The number of primary amides is 1. The van der Waals surface area contributed by atoms with Crippen LogP contribution in [0, 0.1) is 16.0 Å².